The van der Waals surface area contributed by atoms with Gasteiger partial charge in [0.1, 0.15) is 0 Å². The van der Waals surface area contributed by atoms with Crippen LogP contribution in [0.25, 0.3) is 11.3 Å². The van der Waals surface area contributed by atoms with Crippen LogP contribution in [0.15, 0.2) is 65.7 Å². The molecule has 3 aromatic rings. The maximum atomic E-state index is 12.2. The van der Waals surface area contributed by atoms with E-state index in [0.717, 1.165) is 11.1 Å². The summed E-state index contributed by atoms with van der Waals surface area (Å²) in [5, 5.41) is 12.0. The highest BCUT2D eigenvalue weighted by molar-refractivity contribution is 5.90. The lowest BCUT2D eigenvalue weighted by Gasteiger charge is -2.15. The SMILES string of the molecule is CC(NC(=O)Nc1cccc(-c2ccc(=O)[nH]n2)c1)c1ccncc1. The summed E-state index contributed by atoms with van der Waals surface area (Å²) < 4.78 is 0. The van der Waals surface area contributed by atoms with Gasteiger partial charge in [0.25, 0.3) is 5.56 Å². The van der Waals surface area contributed by atoms with E-state index in [1.165, 1.54) is 6.07 Å². The van der Waals surface area contributed by atoms with E-state index in [1.807, 2.05) is 31.2 Å². The lowest BCUT2D eigenvalue weighted by molar-refractivity contribution is 0.249. The summed E-state index contributed by atoms with van der Waals surface area (Å²) in [6, 6.07) is 13.5. The number of aromatic amines is 1. The third-order valence-corrected chi connectivity index (χ3v) is 3.65. The van der Waals surface area contributed by atoms with Crippen LogP contribution in [0.2, 0.25) is 0 Å². The van der Waals surface area contributed by atoms with Crippen LogP contribution in [0.5, 0.6) is 0 Å². The van der Waals surface area contributed by atoms with Crippen molar-refractivity contribution in [3.63, 3.8) is 0 Å². The second kappa shape index (κ2) is 7.39. The van der Waals surface area contributed by atoms with E-state index in [9.17, 15) is 9.59 Å². The fourth-order valence-corrected chi connectivity index (χ4v) is 2.36. The van der Waals surface area contributed by atoms with Crippen LogP contribution in [-0.2, 0) is 0 Å². The first-order valence-corrected chi connectivity index (χ1v) is 7.75. The van der Waals surface area contributed by atoms with Gasteiger partial charge in [-0.1, -0.05) is 12.1 Å². The first kappa shape index (κ1) is 16.4. The topological polar surface area (TPSA) is 99.8 Å². The Kier molecular flexibility index (Phi) is 4.84. The Balaban J connectivity index is 1.68. The molecule has 0 saturated heterocycles. The van der Waals surface area contributed by atoms with E-state index in [4.69, 9.17) is 0 Å². The summed E-state index contributed by atoms with van der Waals surface area (Å²) in [7, 11) is 0. The fraction of sp³-hybridized carbons (Fsp3) is 0.111. The Labute approximate surface area is 144 Å². The molecule has 1 aromatic carbocycles. The summed E-state index contributed by atoms with van der Waals surface area (Å²) in [6.45, 7) is 1.90. The number of carbonyl (C=O) groups is 1. The minimum absolute atomic E-state index is 0.146. The Morgan fingerprint density at radius 1 is 1.12 bits per heavy atom. The molecule has 2 heterocycles. The molecule has 0 aliphatic heterocycles. The summed E-state index contributed by atoms with van der Waals surface area (Å²) >= 11 is 0. The Morgan fingerprint density at radius 2 is 1.92 bits per heavy atom. The van der Waals surface area contributed by atoms with E-state index >= 15 is 0 Å². The average Bonchev–Trinajstić information content (AvgIpc) is 2.63. The van der Waals surface area contributed by atoms with E-state index in [-0.39, 0.29) is 17.6 Å². The third-order valence-electron chi connectivity index (χ3n) is 3.65. The van der Waals surface area contributed by atoms with Crippen LogP contribution in [-0.4, -0.2) is 21.2 Å². The van der Waals surface area contributed by atoms with Gasteiger partial charge in [0, 0.05) is 29.7 Å². The normalized spacial score (nSPS) is 11.6. The van der Waals surface area contributed by atoms with Gasteiger partial charge in [0.2, 0.25) is 0 Å². The third kappa shape index (κ3) is 4.29. The quantitative estimate of drug-likeness (QED) is 0.682. The van der Waals surface area contributed by atoms with Crippen LogP contribution in [0.4, 0.5) is 10.5 Å². The van der Waals surface area contributed by atoms with Crippen molar-refractivity contribution in [3.8, 4) is 11.3 Å². The number of nitrogens with one attached hydrogen (secondary N) is 3. The number of carbonyl (C=O) groups excluding carboxylic acids is 1. The summed E-state index contributed by atoms with van der Waals surface area (Å²) in [4.78, 5) is 27.2. The molecular weight excluding hydrogens is 318 g/mol. The fourth-order valence-electron chi connectivity index (χ4n) is 2.36. The minimum Gasteiger partial charge on any atom is -0.331 e. The number of hydrogen-bond donors (Lipinski definition) is 3. The molecule has 0 fully saturated rings. The lowest BCUT2D eigenvalue weighted by atomic mass is 10.1. The number of H-pyrrole nitrogens is 1. The number of rotatable bonds is 4. The van der Waals surface area contributed by atoms with Crippen LogP contribution in [0, 0.1) is 0 Å². The Bertz CT molecular complexity index is 904. The van der Waals surface area contributed by atoms with E-state index in [0.29, 0.717) is 11.4 Å². The Hall–Kier alpha value is -3.48. The first-order chi connectivity index (χ1) is 12.1. The van der Waals surface area contributed by atoms with Crippen molar-refractivity contribution in [1.29, 1.82) is 0 Å². The molecule has 2 aromatic heterocycles. The molecule has 2 amide bonds. The van der Waals surface area contributed by atoms with Crippen LogP contribution in [0.1, 0.15) is 18.5 Å². The highest BCUT2D eigenvalue weighted by atomic mass is 16.2. The van der Waals surface area contributed by atoms with Crippen molar-refractivity contribution in [2.24, 2.45) is 0 Å². The second-order valence-corrected chi connectivity index (χ2v) is 5.49. The van der Waals surface area contributed by atoms with Crippen molar-refractivity contribution < 1.29 is 4.79 Å². The number of hydrogen-bond acceptors (Lipinski definition) is 4. The van der Waals surface area contributed by atoms with E-state index < -0.39 is 0 Å². The van der Waals surface area contributed by atoms with Gasteiger partial charge in [-0.05, 0) is 42.8 Å². The van der Waals surface area contributed by atoms with Gasteiger partial charge < -0.3 is 10.6 Å². The van der Waals surface area contributed by atoms with E-state index in [2.05, 4.69) is 25.8 Å². The summed E-state index contributed by atoms with van der Waals surface area (Å²) in [6.07, 6.45) is 3.37. The van der Waals surface area contributed by atoms with Crippen LogP contribution in [0.3, 0.4) is 0 Å². The van der Waals surface area contributed by atoms with Gasteiger partial charge in [-0.25, -0.2) is 9.89 Å². The lowest BCUT2D eigenvalue weighted by Crippen LogP contribution is -2.31. The largest absolute Gasteiger partial charge is 0.331 e. The number of benzene rings is 1. The highest BCUT2D eigenvalue weighted by Crippen LogP contribution is 2.20. The minimum atomic E-state index is -0.309. The van der Waals surface area contributed by atoms with Crippen LogP contribution >= 0.6 is 0 Å². The van der Waals surface area contributed by atoms with Gasteiger partial charge in [-0.3, -0.25) is 9.78 Å². The molecule has 0 aliphatic carbocycles. The van der Waals surface area contributed by atoms with Crippen molar-refractivity contribution in [1.82, 2.24) is 20.5 Å². The number of nitrogens with zero attached hydrogens (tertiary/aromatic N) is 2. The van der Waals surface area contributed by atoms with Crippen LogP contribution < -0.4 is 16.2 Å². The number of anilines is 1. The molecule has 25 heavy (non-hydrogen) atoms. The zero-order chi connectivity index (χ0) is 17.6. The number of amides is 2. The molecule has 7 heteroatoms. The predicted molar refractivity (Wildman–Crippen MR) is 95.1 cm³/mol. The second-order valence-electron chi connectivity index (χ2n) is 5.49. The first-order valence-electron chi connectivity index (χ1n) is 7.75. The van der Waals surface area contributed by atoms with Gasteiger partial charge in [-0.2, -0.15) is 5.10 Å². The summed E-state index contributed by atoms with van der Waals surface area (Å²) in [5.74, 6) is 0. The van der Waals surface area contributed by atoms with Gasteiger partial charge in [0.15, 0.2) is 0 Å². The Morgan fingerprint density at radius 3 is 2.64 bits per heavy atom. The smallest absolute Gasteiger partial charge is 0.319 e. The molecule has 7 nitrogen and oxygen atoms in total. The summed E-state index contributed by atoms with van der Waals surface area (Å²) in [5.41, 5.74) is 2.74. The molecule has 0 aliphatic rings. The number of aromatic nitrogens is 3. The molecule has 3 rings (SSSR count). The zero-order valence-corrected chi connectivity index (χ0v) is 13.6. The maximum absolute atomic E-state index is 12.2. The highest BCUT2D eigenvalue weighted by Gasteiger charge is 2.10. The molecule has 1 unspecified atom stereocenters. The van der Waals surface area contributed by atoms with E-state index in [1.54, 1.807) is 30.6 Å². The standard InChI is InChI=1S/C18H17N5O2/c1-12(13-7-9-19-10-8-13)20-18(25)21-15-4-2-3-14(11-15)16-5-6-17(24)23-22-16/h2-12H,1H3,(H,23,24)(H2,20,21,25). The molecule has 3 N–H and O–H groups in total. The molecule has 1 atom stereocenters. The molecule has 126 valence electrons. The molecular formula is C18H17N5O2. The van der Waals surface area contributed by atoms with Crippen molar-refractivity contribution in [2.75, 3.05) is 5.32 Å². The van der Waals surface area contributed by atoms with Crippen molar-refractivity contribution in [3.05, 3.63) is 76.8 Å². The van der Waals surface area contributed by atoms with Gasteiger partial charge in [0.05, 0.1) is 11.7 Å². The molecule has 0 saturated carbocycles. The predicted octanol–water partition coefficient (Wildman–Crippen LogP) is 2.71. The average molecular weight is 335 g/mol. The molecule has 0 spiro atoms. The monoisotopic (exact) mass is 335 g/mol. The maximum Gasteiger partial charge on any atom is 0.319 e. The van der Waals surface area contributed by atoms with Crippen molar-refractivity contribution >= 4 is 11.7 Å². The number of pyridine rings is 1. The van der Waals surface area contributed by atoms with Gasteiger partial charge >= 0.3 is 6.03 Å². The number of urea groups is 1. The van der Waals surface area contributed by atoms with Gasteiger partial charge in [-0.15, -0.1) is 0 Å². The molecule has 0 bridgehead atoms. The zero-order valence-electron chi connectivity index (χ0n) is 13.6. The molecule has 0 radical (unpaired) electrons. The van der Waals surface area contributed by atoms with Crippen molar-refractivity contribution in [2.45, 2.75) is 13.0 Å².